The molecule has 33 heavy (non-hydrogen) atoms. The molecular weight excluding hydrogens is 462 g/mol. The molecule has 1 N–H and O–H groups in total. The number of piperazine rings is 1. The Morgan fingerprint density at radius 3 is 2.73 bits per heavy atom. The molecule has 1 saturated heterocycles. The average Bonchev–Trinajstić information content (AvgIpc) is 3.32. The summed E-state index contributed by atoms with van der Waals surface area (Å²) in [6.07, 6.45) is 0. The van der Waals surface area contributed by atoms with Crippen LogP contribution in [-0.2, 0) is 4.79 Å². The van der Waals surface area contributed by atoms with Gasteiger partial charge in [0.1, 0.15) is 5.75 Å². The lowest BCUT2D eigenvalue weighted by Crippen LogP contribution is -2.46. The molecule has 0 atom stereocenters. The molecule has 10 heteroatoms. The number of hydrogen-bond acceptors (Lipinski definition) is 8. The van der Waals surface area contributed by atoms with Gasteiger partial charge in [-0.2, -0.15) is 0 Å². The number of ether oxygens (including phenoxy) is 1. The van der Waals surface area contributed by atoms with Crippen molar-refractivity contribution in [2.45, 2.75) is 12.1 Å². The van der Waals surface area contributed by atoms with Gasteiger partial charge in [-0.25, -0.2) is 0 Å². The molecular formula is C23H26ClN5O3S. The molecule has 2 heterocycles. The van der Waals surface area contributed by atoms with Gasteiger partial charge in [-0.3, -0.25) is 4.79 Å². The third-order valence-corrected chi connectivity index (χ3v) is 6.52. The van der Waals surface area contributed by atoms with E-state index in [1.54, 1.807) is 13.2 Å². The fourth-order valence-corrected chi connectivity index (χ4v) is 4.44. The fraction of sp³-hybridized carbons (Fsp3) is 0.348. The molecule has 1 amide bonds. The van der Waals surface area contributed by atoms with Crippen molar-refractivity contribution in [3.05, 3.63) is 47.5 Å². The van der Waals surface area contributed by atoms with Crippen LogP contribution in [0.25, 0.3) is 11.5 Å². The van der Waals surface area contributed by atoms with Gasteiger partial charge in [-0.1, -0.05) is 42.4 Å². The predicted octanol–water partition coefficient (Wildman–Crippen LogP) is 4.27. The Bertz CT molecular complexity index is 1100. The van der Waals surface area contributed by atoms with Crippen molar-refractivity contribution in [1.82, 2.24) is 15.1 Å². The summed E-state index contributed by atoms with van der Waals surface area (Å²) in [5.41, 5.74) is 2.39. The molecule has 174 valence electrons. The Kier molecular flexibility index (Phi) is 7.74. The van der Waals surface area contributed by atoms with E-state index in [-0.39, 0.29) is 11.7 Å². The van der Waals surface area contributed by atoms with E-state index < -0.39 is 0 Å². The van der Waals surface area contributed by atoms with E-state index in [2.05, 4.69) is 32.2 Å². The first kappa shape index (κ1) is 23.4. The van der Waals surface area contributed by atoms with Crippen LogP contribution in [0.15, 0.2) is 52.1 Å². The number of benzene rings is 2. The van der Waals surface area contributed by atoms with E-state index in [1.807, 2.05) is 36.4 Å². The van der Waals surface area contributed by atoms with Crippen LogP contribution in [0, 0.1) is 0 Å². The number of carbonyl (C=O) groups excluding carboxylic acids is 1. The SMILES string of the molecule is CCN1CCN(c2ccc(Cl)cc2NC(=O)CSc2nnc(-c3ccccc3OC)o2)CC1. The highest BCUT2D eigenvalue weighted by molar-refractivity contribution is 7.99. The maximum absolute atomic E-state index is 12.7. The van der Waals surface area contributed by atoms with Crippen molar-refractivity contribution in [2.75, 3.05) is 55.8 Å². The zero-order valence-electron chi connectivity index (χ0n) is 18.6. The molecule has 0 bridgehead atoms. The summed E-state index contributed by atoms with van der Waals surface area (Å²) in [7, 11) is 1.59. The van der Waals surface area contributed by atoms with Crippen LogP contribution in [0.4, 0.5) is 11.4 Å². The second-order valence-electron chi connectivity index (χ2n) is 7.49. The summed E-state index contributed by atoms with van der Waals surface area (Å²) >= 11 is 7.40. The maximum Gasteiger partial charge on any atom is 0.277 e. The zero-order valence-corrected chi connectivity index (χ0v) is 20.2. The van der Waals surface area contributed by atoms with E-state index in [0.717, 1.165) is 38.4 Å². The van der Waals surface area contributed by atoms with Gasteiger partial charge in [0, 0.05) is 31.2 Å². The van der Waals surface area contributed by atoms with Crippen LogP contribution in [0.1, 0.15) is 6.92 Å². The third kappa shape index (κ3) is 5.79. The minimum atomic E-state index is -0.173. The number of methoxy groups -OCH3 is 1. The zero-order chi connectivity index (χ0) is 23.2. The fourth-order valence-electron chi connectivity index (χ4n) is 3.70. The first-order valence-electron chi connectivity index (χ1n) is 10.7. The molecule has 4 rings (SSSR count). The van der Waals surface area contributed by atoms with Gasteiger partial charge < -0.3 is 24.3 Å². The summed E-state index contributed by atoms with van der Waals surface area (Å²) in [5.74, 6) is 0.943. The molecule has 0 aliphatic carbocycles. The highest BCUT2D eigenvalue weighted by Crippen LogP contribution is 2.32. The summed E-state index contributed by atoms with van der Waals surface area (Å²) in [6, 6.07) is 13.0. The van der Waals surface area contributed by atoms with Crippen LogP contribution in [0.5, 0.6) is 5.75 Å². The van der Waals surface area contributed by atoms with E-state index in [9.17, 15) is 4.79 Å². The van der Waals surface area contributed by atoms with Gasteiger partial charge in [0.05, 0.1) is 29.8 Å². The number of carbonyl (C=O) groups is 1. The smallest absolute Gasteiger partial charge is 0.277 e. The monoisotopic (exact) mass is 487 g/mol. The van der Waals surface area contributed by atoms with E-state index >= 15 is 0 Å². The van der Waals surface area contributed by atoms with Crippen LogP contribution in [0.2, 0.25) is 5.02 Å². The molecule has 1 aliphatic rings. The Hall–Kier alpha value is -2.75. The van der Waals surface area contributed by atoms with Gasteiger partial charge in [0.2, 0.25) is 5.91 Å². The summed E-state index contributed by atoms with van der Waals surface area (Å²) in [5, 5.41) is 12.0. The first-order valence-corrected chi connectivity index (χ1v) is 12.1. The molecule has 8 nitrogen and oxygen atoms in total. The Labute approximate surface area is 202 Å². The second-order valence-corrected chi connectivity index (χ2v) is 8.86. The number of hydrogen-bond donors (Lipinski definition) is 1. The van der Waals surface area contributed by atoms with Crippen molar-refractivity contribution < 1.29 is 13.9 Å². The quantitative estimate of drug-likeness (QED) is 0.471. The van der Waals surface area contributed by atoms with E-state index in [1.165, 1.54) is 11.8 Å². The molecule has 0 saturated carbocycles. The average molecular weight is 488 g/mol. The summed E-state index contributed by atoms with van der Waals surface area (Å²) in [6.45, 7) is 7.01. The number of nitrogens with zero attached hydrogens (tertiary/aromatic N) is 4. The van der Waals surface area contributed by atoms with Crippen LogP contribution >= 0.6 is 23.4 Å². The minimum absolute atomic E-state index is 0.128. The van der Waals surface area contributed by atoms with E-state index in [4.69, 9.17) is 20.8 Å². The van der Waals surface area contributed by atoms with Gasteiger partial charge in [-0.05, 0) is 36.9 Å². The molecule has 0 radical (unpaired) electrons. The number of amides is 1. The van der Waals surface area contributed by atoms with Crippen molar-refractivity contribution in [1.29, 1.82) is 0 Å². The lowest BCUT2D eigenvalue weighted by atomic mass is 10.2. The highest BCUT2D eigenvalue weighted by Gasteiger charge is 2.20. The second kappa shape index (κ2) is 10.9. The van der Waals surface area contributed by atoms with Crippen molar-refractivity contribution in [3.63, 3.8) is 0 Å². The standard InChI is InChI=1S/C23H26ClN5O3S/c1-3-28-10-12-29(13-11-28)19-9-8-16(24)14-18(19)25-21(30)15-33-23-27-26-22(32-23)17-6-4-5-7-20(17)31-2/h4-9,14H,3,10-13,15H2,1-2H3,(H,25,30). The largest absolute Gasteiger partial charge is 0.496 e. The topological polar surface area (TPSA) is 83.7 Å². The van der Waals surface area contributed by atoms with Gasteiger partial charge in [0.25, 0.3) is 11.1 Å². The number of halogens is 1. The normalized spacial score (nSPS) is 14.3. The number of likely N-dealkylation sites (N-methyl/N-ethyl adjacent to an activating group) is 1. The van der Waals surface area contributed by atoms with Crippen LogP contribution < -0.4 is 15.0 Å². The third-order valence-electron chi connectivity index (χ3n) is 5.46. The number of rotatable bonds is 8. The molecule has 3 aromatic rings. The lowest BCUT2D eigenvalue weighted by molar-refractivity contribution is -0.113. The number of anilines is 2. The summed E-state index contributed by atoms with van der Waals surface area (Å²) < 4.78 is 11.1. The Morgan fingerprint density at radius 1 is 1.18 bits per heavy atom. The van der Waals surface area contributed by atoms with Crippen molar-refractivity contribution in [2.24, 2.45) is 0 Å². The molecule has 0 unspecified atom stereocenters. The molecule has 1 fully saturated rings. The first-order chi connectivity index (χ1) is 16.1. The maximum atomic E-state index is 12.7. The minimum Gasteiger partial charge on any atom is -0.496 e. The van der Waals surface area contributed by atoms with Gasteiger partial charge in [-0.15, -0.1) is 10.2 Å². The van der Waals surface area contributed by atoms with Gasteiger partial charge >= 0.3 is 0 Å². The Balaban J connectivity index is 1.39. The summed E-state index contributed by atoms with van der Waals surface area (Å²) in [4.78, 5) is 17.4. The Morgan fingerprint density at radius 2 is 1.97 bits per heavy atom. The number of para-hydroxylation sites is 1. The van der Waals surface area contributed by atoms with E-state index in [0.29, 0.717) is 33.1 Å². The predicted molar refractivity (Wildman–Crippen MR) is 131 cm³/mol. The number of nitrogens with one attached hydrogen (secondary N) is 1. The van der Waals surface area contributed by atoms with Crippen LogP contribution in [0.3, 0.4) is 0 Å². The molecule has 1 aromatic heterocycles. The number of thioether (sulfide) groups is 1. The van der Waals surface area contributed by atoms with Gasteiger partial charge in [0.15, 0.2) is 0 Å². The van der Waals surface area contributed by atoms with Crippen LogP contribution in [-0.4, -0.2) is 66.6 Å². The molecule has 2 aromatic carbocycles. The van der Waals surface area contributed by atoms with Crippen molar-refractivity contribution >= 4 is 40.6 Å². The molecule has 1 aliphatic heterocycles. The molecule has 0 spiro atoms. The highest BCUT2D eigenvalue weighted by atomic mass is 35.5. The number of aromatic nitrogens is 2. The lowest BCUT2D eigenvalue weighted by Gasteiger charge is -2.36. The van der Waals surface area contributed by atoms with Crippen molar-refractivity contribution in [3.8, 4) is 17.2 Å².